The van der Waals surface area contributed by atoms with E-state index in [0.29, 0.717) is 30.8 Å². The predicted octanol–water partition coefficient (Wildman–Crippen LogP) is 2.07. The number of carbonyl (C=O) groups excluding carboxylic acids is 2. The van der Waals surface area contributed by atoms with Crippen molar-refractivity contribution in [3.05, 3.63) is 34.6 Å². The molecule has 1 fully saturated rings. The highest BCUT2D eigenvalue weighted by Crippen LogP contribution is 2.59. The van der Waals surface area contributed by atoms with Gasteiger partial charge >= 0.3 is 11.9 Å². The first kappa shape index (κ1) is 21.5. The van der Waals surface area contributed by atoms with Crippen molar-refractivity contribution in [3.8, 4) is 11.5 Å². The maximum atomic E-state index is 11.9. The summed E-state index contributed by atoms with van der Waals surface area (Å²) in [7, 11) is 5.12. The molecule has 4 rings (SSSR count). The van der Waals surface area contributed by atoms with Crippen molar-refractivity contribution in [1.29, 1.82) is 0 Å². The first-order chi connectivity index (χ1) is 14.7. The fourth-order valence-electron chi connectivity index (χ4n) is 5.74. The van der Waals surface area contributed by atoms with E-state index in [1.54, 1.807) is 13.2 Å². The molecule has 0 radical (unpaired) electrons. The molecule has 1 aromatic rings. The number of phenolic OH excluding ortho intramolecular Hbond substituents is 1. The van der Waals surface area contributed by atoms with Crippen molar-refractivity contribution >= 4 is 11.9 Å². The number of fused-ring (bicyclic) bond motifs is 1. The average Bonchev–Trinajstić information content (AvgIpc) is 2.70. The number of phenols is 1. The predicted molar refractivity (Wildman–Crippen MR) is 111 cm³/mol. The smallest absolute Gasteiger partial charge is 0.303 e. The van der Waals surface area contributed by atoms with Crippen LogP contribution >= 0.6 is 0 Å². The second-order valence-corrected chi connectivity index (χ2v) is 8.55. The number of piperidine rings is 1. The molecule has 3 aliphatic rings. The monoisotopic (exact) mass is 431 g/mol. The van der Waals surface area contributed by atoms with Crippen molar-refractivity contribution in [1.82, 2.24) is 4.90 Å². The third-order valence-electron chi connectivity index (χ3n) is 6.85. The van der Waals surface area contributed by atoms with E-state index in [9.17, 15) is 14.7 Å². The molecule has 31 heavy (non-hydrogen) atoms. The molecule has 4 atom stereocenters. The molecule has 1 saturated heterocycles. The fourth-order valence-corrected chi connectivity index (χ4v) is 5.74. The SMILES string of the molecule is COC1=C2[C@H]3Cc4ccc(OC)c(O)c4[C@@]2(CCN3C)C[C@H](OC(C)=O)[C@@H]1OC(C)=O. The number of likely N-dealkylation sites (N-methyl/N-ethyl adjacent to an activating group) is 1. The number of rotatable bonds is 4. The number of aromatic hydroxyl groups is 1. The summed E-state index contributed by atoms with van der Waals surface area (Å²) in [6, 6.07) is 3.78. The number of hydrogen-bond acceptors (Lipinski definition) is 8. The lowest BCUT2D eigenvalue weighted by atomic mass is 9.55. The van der Waals surface area contributed by atoms with Gasteiger partial charge in [-0.15, -0.1) is 0 Å². The van der Waals surface area contributed by atoms with Crippen molar-refractivity contribution in [2.24, 2.45) is 0 Å². The van der Waals surface area contributed by atoms with Crippen LogP contribution in [0, 0.1) is 0 Å². The Labute approximate surface area is 181 Å². The second kappa shape index (κ2) is 7.75. The molecule has 2 aliphatic carbocycles. The Morgan fingerprint density at radius 2 is 1.84 bits per heavy atom. The Morgan fingerprint density at radius 3 is 2.45 bits per heavy atom. The Morgan fingerprint density at radius 1 is 1.13 bits per heavy atom. The highest BCUT2D eigenvalue weighted by molar-refractivity contribution is 5.69. The fraction of sp³-hybridized carbons (Fsp3) is 0.565. The van der Waals surface area contributed by atoms with Crippen LogP contribution in [-0.2, 0) is 35.6 Å². The molecule has 0 saturated carbocycles. The van der Waals surface area contributed by atoms with Gasteiger partial charge in [0.1, 0.15) is 11.9 Å². The summed E-state index contributed by atoms with van der Waals surface area (Å²) in [6.07, 6.45) is 0.183. The number of hydrogen-bond donors (Lipinski definition) is 1. The number of carbonyl (C=O) groups is 2. The van der Waals surface area contributed by atoms with E-state index in [-0.39, 0.29) is 11.8 Å². The lowest BCUT2D eigenvalue weighted by Crippen LogP contribution is -2.60. The topological polar surface area (TPSA) is 94.5 Å². The molecule has 0 unspecified atom stereocenters. The van der Waals surface area contributed by atoms with Gasteiger partial charge in [-0.3, -0.25) is 14.5 Å². The van der Waals surface area contributed by atoms with Crippen molar-refractivity contribution < 1.29 is 33.6 Å². The molecule has 0 spiro atoms. The number of ether oxygens (including phenoxy) is 4. The molecular formula is C23H29NO7. The van der Waals surface area contributed by atoms with Gasteiger partial charge in [0.15, 0.2) is 17.6 Å². The van der Waals surface area contributed by atoms with E-state index >= 15 is 0 Å². The van der Waals surface area contributed by atoms with E-state index in [1.165, 1.54) is 21.0 Å². The molecule has 1 N–H and O–H groups in total. The summed E-state index contributed by atoms with van der Waals surface area (Å²) >= 11 is 0. The second-order valence-electron chi connectivity index (χ2n) is 8.55. The van der Waals surface area contributed by atoms with Crippen LogP contribution in [0.25, 0.3) is 0 Å². The zero-order valence-electron chi connectivity index (χ0n) is 18.6. The lowest BCUT2D eigenvalue weighted by Gasteiger charge is -2.56. The van der Waals surface area contributed by atoms with E-state index < -0.39 is 29.6 Å². The standard InChI is InChI=1S/C23H29NO7/c1-12(25)30-17-11-23-8-9-24(3)15(19(23)22(29-5)21(17)31-13(2)26)10-14-6-7-16(28-4)20(27)18(14)23/h6-7,15,17,21,27H,8-11H2,1-5H3/t15-,17+,21+,23-/m1/s1. The van der Waals surface area contributed by atoms with Crippen molar-refractivity contribution in [3.63, 3.8) is 0 Å². The minimum atomic E-state index is -0.835. The van der Waals surface area contributed by atoms with Gasteiger partial charge in [-0.1, -0.05) is 6.07 Å². The first-order valence-corrected chi connectivity index (χ1v) is 10.5. The summed E-state index contributed by atoms with van der Waals surface area (Å²) in [4.78, 5) is 26.1. The van der Waals surface area contributed by atoms with Crippen LogP contribution < -0.4 is 4.74 Å². The van der Waals surface area contributed by atoms with E-state index in [2.05, 4.69) is 11.9 Å². The molecule has 168 valence electrons. The molecule has 0 aromatic heterocycles. The van der Waals surface area contributed by atoms with Crippen LogP contribution in [0.15, 0.2) is 23.5 Å². The Balaban J connectivity index is 2.01. The van der Waals surface area contributed by atoms with Gasteiger partial charge in [0.05, 0.1) is 14.2 Å². The van der Waals surface area contributed by atoms with Crippen LogP contribution in [0.2, 0.25) is 0 Å². The number of nitrogens with zero attached hydrogens (tertiary/aromatic N) is 1. The van der Waals surface area contributed by atoms with Crippen LogP contribution in [0.4, 0.5) is 0 Å². The Kier molecular flexibility index (Phi) is 5.37. The number of methoxy groups -OCH3 is 2. The largest absolute Gasteiger partial charge is 0.504 e. The highest BCUT2D eigenvalue weighted by atomic mass is 16.6. The van der Waals surface area contributed by atoms with Gasteiger partial charge in [-0.2, -0.15) is 0 Å². The maximum Gasteiger partial charge on any atom is 0.303 e. The Hall–Kier alpha value is -2.74. The van der Waals surface area contributed by atoms with Crippen LogP contribution in [-0.4, -0.2) is 68.0 Å². The summed E-state index contributed by atoms with van der Waals surface area (Å²) < 4.78 is 22.5. The number of esters is 2. The quantitative estimate of drug-likeness (QED) is 0.724. The summed E-state index contributed by atoms with van der Waals surface area (Å²) in [5, 5.41) is 11.2. The average molecular weight is 431 g/mol. The lowest BCUT2D eigenvalue weighted by molar-refractivity contribution is -0.169. The third kappa shape index (κ3) is 3.24. The summed E-state index contributed by atoms with van der Waals surface area (Å²) in [6.45, 7) is 3.46. The number of likely N-dealkylation sites (tertiary alicyclic amines) is 1. The number of benzene rings is 1. The van der Waals surface area contributed by atoms with Gasteiger partial charge < -0.3 is 24.1 Å². The van der Waals surface area contributed by atoms with Crippen LogP contribution in [0.5, 0.6) is 11.5 Å². The van der Waals surface area contributed by atoms with Gasteiger partial charge in [0.2, 0.25) is 0 Å². The molecule has 0 amide bonds. The first-order valence-electron chi connectivity index (χ1n) is 10.5. The van der Waals surface area contributed by atoms with Crippen molar-refractivity contribution in [2.75, 3.05) is 27.8 Å². The molecule has 8 nitrogen and oxygen atoms in total. The third-order valence-corrected chi connectivity index (χ3v) is 6.85. The maximum absolute atomic E-state index is 11.9. The van der Waals surface area contributed by atoms with Crippen LogP contribution in [0.3, 0.4) is 0 Å². The zero-order valence-corrected chi connectivity index (χ0v) is 18.6. The highest BCUT2D eigenvalue weighted by Gasteiger charge is 2.59. The van der Waals surface area contributed by atoms with Gasteiger partial charge in [0.25, 0.3) is 0 Å². The Bertz CT molecular complexity index is 955. The van der Waals surface area contributed by atoms with Crippen molar-refractivity contribution in [2.45, 2.75) is 56.8 Å². The van der Waals surface area contributed by atoms with Crippen LogP contribution in [0.1, 0.15) is 37.8 Å². The van der Waals surface area contributed by atoms with Gasteiger partial charge in [-0.05, 0) is 43.6 Å². The normalized spacial score (nSPS) is 29.5. The molecule has 1 aliphatic heterocycles. The zero-order chi connectivity index (χ0) is 22.5. The summed E-state index contributed by atoms with van der Waals surface area (Å²) in [5.41, 5.74) is 2.18. The van der Waals surface area contributed by atoms with E-state index in [1.807, 2.05) is 6.07 Å². The minimum Gasteiger partial charge on any atom is -0.504 e. The minimum absolute atomic E-state index is 0.0142. The van der Waals surface area contributed by atoms with E-state index in [0.717, 1.165) is 23.2 Å². The molecule has 8 heteroatoms. The molecule has 1 heterocycles. The van der Waals surface area contributed by atoms with E-state index in [4.69, 9.17) is 18.9 Å². The summed E-state index contributed by atoms with van der Waals surface area (Å²) in [5.74, 6) is 0.0517. The molecule has 1 aromatic carbocycles. The van der Waals surface area contributed by atoms with Gasteiger partial charge in [-0.25, -0.2) is 0 Å². The molecule has 2 bridgehead atoms. The van der Waals surface area contributed by atoms with Gasteiger partial charge in [0, 0.05) is 37.3 Å². The molecular weight excluding hydrogens is 402 g/mol.